The predicted molar refractivity (Wildman–Crippen MR) is 80.2 cm³/mol. The molecule has 0 aromatic carbocycles. The molecule has 0 atom stereocenters. The number of nitrogens with zero attached hydrogens (tertiary/aromatic N) is 4. The number of aromatic carboxylic acids is 1. The zero-order valence-electron chi connectivity index (χ0n) is 12.8. The maximum Gasteiger partial charge on any atom is 0.354 e. The highest BCUT2D eigenvalue weighted by Gasteiger charge is 2.18. The lowest BCUT2D eigenvalue weighted by Crippen LogP contribution is -2.22. The van der Waals surface area contributed by atoms with E-state index in [9.17, 15) is 9.90 Å². The summed E-state index contributed by atoms with van der Waals surface area (Å²) in [5.41, 5.74) is 0.530. The van der Waals surface area contributed by atoms with Crippen molar-refractivity contribution in [2.24, 2.45) is 13.0 Å². The highest BCUT2D eigenvalue weighted by atomic mass is 16.5. The van der Waals surface area contributed by atoms with Crippen LogP contribution in [0, 0.1) is 5.92 Å². The molecular formula is C15H18N4O4. The SMILES string of the molecule is Cn1cncc1-c1nc(OCC2CCOCC2)cc(C(=O)O)n1. The topological polar surface area (TPSA) is 99.4 Å². The Labute approximate surface area is 133 Å². The number of hydrogen-bond donors (Lipinski definition) is 1. The van der Waals surface area contributed by atoms with Gasteiger partial charge in [0.15, 0.2) is 11.5 Å². The average Bonchev–Trinajstić information content (AvgIpc) is 3.00. The second-order valence-electron chi connectivity index (χ2n) is 5.48. The highest BCUT2D eigenvalue weighted by molar-refractivity contribution is 5.86. The number of ether oxygens (including phenoxy) is 2. The molecule has 1 saturated heterocycles. The Kier molecular flexibility index (Phi) is 4.52. The van der Waals surface area contributed by atoms with Gasteiger partial charge in [0.05, 0.1) is 19.1 Å². The van der Waals surface area contributed by atoms with Crippen LogP contribution in [-0.4, -0.2) is 50.4 Å². The van der Waals surface area contributed by atoms with E-state index in [1.165, 1.54) is 6.07 Å². The van der Waals surface area contributed by atoms with Crippen LogP contribution in [0.25, 0.3) is 11.5 Å². The molecule has 0 unspecified atom stereocenters. The summed E-state index contributed by atoms with van der Waals surface area (Å²) in [6.07, 6.45) is 5.06. The lowest BCUT2D eigenvalue weighted by molar-refractivity contribution is 0.0490. The summed E-state index contributed by atoms with van der Waals surface area (Å²) in [6, 6.07) is 1.35. The maximum absolute atomic E-state index is 11.3. The second kappa shape index (κ2) is 6.74. The smallest absolute Gasteiger partial charge is 0.354 e. The van der Waals surface area contributed by atoms with Crippen LogP contribution in [0.15, 0.2) is 18.6 Å². The van der Waals surface area contributed by atoms with Gasteiger partial charge in [0.2, 0.25) is 5.88 Å². The third-order valence-electron chi connectivity index (χ3n) is 3.78. The summed E-state index contributed by atoms with van der Waals surface area (Å²) >= 11 is 0. The van der Waals surface area contributed by atoms with E-state index in [0.29, 0.717) is 18.2 Å². The first-order valence-electron chi connectivity index (χ1n) is 7.43. The Morgan fingerprint density at radius 2 is 2.22 bits per heavy atom. The van der Waals surface area contributed by atoms with Gasteiger partial charge in [-0.15, -0.1) is 0 Å². The van der Waals surface area contributed by atoms with Crippen LogP contribution in [0.1, 0.15) is 23.3 Å². The molecule has 2 aromatic rings. The van der Waals surface area contributed by atoms with Gasteiger partial charge in [-0.2, -0.15) is 4.98 Å². The van der Waals surface area contributed by atoms with E-state index in [2.05, 4.69) is 15.0 Å². The van der Waals surface area contributed by atoms with Crippen molar-refractivity contribution in [1.29, 1.82) is 0 Å². The molecule has 0 spiro atoms. The monoisotopic (exact) mass is 318 g/mol. The Balaban J connectivity index is 1.82. The van der Waals surface area contributed by atoms with E-state index >= 15 is 0 Å². The first-order chi connectivity index (χ1) is 11.1. The number of hydrogen-bond acceptors (Lipinski definition) is 6. The number of imidazole rings is 1. The Bertz CT molecular complexity index is 695. The van der Waals surface area contributed by atoms with E-state index in [-0.39, 0.29) is 17.4 Å². The molecule has 0 aliphatic carbocycles. The molecule has 1 aliphatic rings. The average molecular weight is 318 g/mol. The van der Waals surface area contributed by atoms with Crippen molar-refractivity contribution < 1.29 is 19.4 Å². The van der Waals surface area contributed by atoms with Crippen molar-refractivity contribution in [3.05, 3.63) is 24.3 Å². The third kappa shape index (κ3) is 3.65. The fourth-order valence-corrected chi connectivity index (χ4v) is 2.41. The van der Waals surface area contributed by atoms with Crippen molar-refractivity contribution in [2.75, 3.05) is 19.8 Å². The first kappa shape index (κ1) is 15.4. The van der Waals surface area contributed by atoms with Gasteiger partial charge in [-0.1, -0.05) is 0 Å². The lowest BCUT2D eigenvalue weighted by Gasteiger charge is -2.21. The quantitative estimate of drug-likeness (QED) is 0.889. The summed E-state index contributed by atoms with van der Waals surface area (Å²) < 4.78 is 12.8. The minimum absolute atomic E-state index is 0.0989. The van der Waals surface area contributed by atoms with Gasteiger partial charge in [0.1, 0.15) is 5.69 Å². The molecule has 3 heterocycles. The van der Waals surface area contributed by atoms with Crippen LogP contribution in [0.3, 0.4) is 0 Å². The van der Waals surface area contributed by atoms with E-state index < -0.39 is 5.97 Å². The molecule has 122 valence electrons. The zero-order chi connectivity index (χ0) is 16.2. The van der Waals surface area contributed by atoms with Crippen molar-refractivity contribution in [1.82, 2.24) is 19.5 Å². The highest BCUT2D eigenvalue weighted by Crippen LogP contribution is 2.21. The fourth-order valence-electron chi connectivity index (χ4n) is 2.41. The van der Waals surface area contributed by atoms with Gasteiger partial charge in [-0.3, -0.25) is 0 Å². The molecule has 1 aliphatic heterocycles. The van der Waals surface area contributed by atoms with Crippen molar-refractivity contribution in [3.63, 3.8) is 0 Å². The lowest BCUT2D eigenvalue weighted by atomic mass is 10.0. The van der Waals surface area contributed by atoms with Crippen molar-refractivity contribution in [3.8, 4) is 17.4 Å². The van der Waals surface area contributed by atoms with Crippen LogP contribution in [0.2, 0.25) is 0 Å². The van der Waals surface area contributed by atoms with Crippen LogP contribution >= 0.6 is 0 Å². The van der Waals surface area contributed by atoms with Crippen LogP contribution in [-0.2, 0) is 11.8 Å². The van der Waals surface area contributed by atoms with E-state index in [4.69, 9.17) is 9.47 Å². The van der Waals surface area contributed by atoms with Gasteiger partial charge >= 0.3 is 5.97 Å². The first-order valence-corrected chi connectivity index (χ1v) is 7.43. The number of carboxylic acid groups (broad SMARTS) is 1. The van der Waals surface area contributed by atoms with E-state index in [1.807, 2.05) is 0 Å². The number of aromatic nitrogens is 4. The van der Waals surface area contributed by atoms with Crippen LogP contribution < -0.4 is 4.74 Å². The summed E-state index contributed by atoms with van der Waals surface area (Å²) in [5, 5.41) is 9.23. The van der Waals surface area contributed by atoms with Gasteiger partial charge in [-0.05, 0) is 18.8 Å². The van der Waals surface area contributed by atoms with Crippen molar-refractivity contribution in [2.45, 2.75) is 12.8 Å². The third-order valence-corrected chi connectivity index (χ3v) is 3.78. The molecular weight excluding hydrogens is 300 g/mol. The van der Waals surface area contributed by atoms with E-state index in [0.717, 1.165) is 26.1 Å². The largest absolute Gasteiger partial charge is 0.477 e. The fraction of sp³-hybridized carbons (Fsp3) is 0.467. The Morgan fingerprint density at radius 1 is 1.43 bits per heavy atom. The number of carboxylic acids is 1. The van der Waals surface area contributed by atoms with Gasteiger partial charge in [0.25, 0.3) is 0 Å². The number of carbonyl (C=O) groups is 1. The summed E-state index contributed by atoms with van der Waals surface area (Å²) in [5.74, 6) is -0.175. The Hall–Kier alpha value is -2.48. The van der Waals surface area contributed by atoms with Crippen LogP contribution in [0.5, 0.6) is 5.88 Å². The van der Waals surface area contributed by atoms with Gasteiger partial charge < -0.3 is 19.1 Å². The number of rotatable bonds is 5. The standard InChI is InChI=1S/C15H18N4O4/c1-19-9-16-7-12(19)14-17-11(15(20)21)6-13(18-14)23-8-10-2-4-22-5-3-10/h6-7,9-10H,2-5,8H2,1H3,(H,20,21). The normalized spacial score (nSPS) is 15.5. The molecule has 0 bridgehead atoms. The Morgan fingerprint density at radius 3 is 2.87 bits per heavy atom. The molecule has 1 N–H and O–H groups in total. The van der Waals surface area contributed by atoms with Crippen LogP contribution in [0.4, 0.5) is 0 Å². The molecule has 1 fully saturated rings. The molecule has 8 heteroatoms. The summed E-state index contributed by atoms with van der Waals surface area (Å²) in [6.45, 7) is 1.96. The molecule has 0 saturated carbocycles. The molecule has 8 nitrogen and oxygen atoms in total. The van der Waals surface area contributed by atoms with E-state index in [1.54, 1.807) is 24.1 Å². The molecule has 3 rings (SSSR count). The second-order valence-corrected chi connectivity index (χ2v) is 5.48. The van der Waals surface area contributed by atoms with Gasteiger partial charge in [-0.25, -0.2) is 14.8 Å². The molecule has 2 aromatic heterocycles. The minimum atomic E-state index is -1.12. The molecule has 0 amide bonds. The number of aryl methyl sites for hydroxylation is 1. The minimum Gasteiger partial charge on any atom is -0.477 e. The van der Waals surface area contributed by atoms with Gasteiger partial charge in [0, 0.05) is 26.3 Å². The van der Waals surface area contributed by atoms with Crippen molar-refractivity contribution >= 4 is 5.97 Å². The summed E-state index contributed by atoms with van der Waals surface area (Å²) in [7, 11) is 1.79. The summed E-state index contributed by atoms with van der Waals surface area (Å²) in [4.78, 5) is 23.7. The molecule has 23 heavy (non-hydrogen) atoms. The predicted octanol–water partition coefficient (Wildman–Crippen LogP) is 1.38. The maximum atomic E-state index is 11.3. The zero-order valence-corrected chi connectivity index (χ0v) is 12.8. The molecule has 0 radical (unpaired) electrons.